The zero-order valence-corrected chi connectivity index (χ0v) is 9.30. The predicted molar refractivity (Wildman–Crippen MR) is 57.7 cm³/mol. The molecule has 0 saturated carbocycles. The average Bonchev–Trinajstić information content (AvgIpc) is 2.71. The second kappa shape index (κ2) is 4.92. The molecule has 1 N–H and O–H groups in total. The maximum absolute atomic E-state index is 13.1. The van der Waals surface area contributed by atoms with Crippen LogP contribution in [-0.2, 0) is 20.3 Å². The number of benzene rings is 1. The van der Waals surface area contributed by atoms with Crippen LogP contribution in [-0.4, -0.2) is 19.9 Å². The first-order chi connectivity index (χ1) is 8.19. The Hall–Kier alpha value is -1.95. The van der Waals surface area contributed by atoms with Crippen LogP contribution in [0.5, 0.6) is 5.75 Å². The van der Waals surface area contributed by atoms with Gasteiger partial charge in [0.2, 0.25) is 0 Å². The highest BCUT2D eigenvalue weighted by Crippen LogP contribution is 2.17. The van der Waals surface area contributed by atoms with Crippen LogP contribution in [0.4, 0.5) is 4.39 Å². The van der Waals surface area contributed by atoms with Crippen LogP contribution in [0.1, 0.15) is 11.4 Å². The Bertz CT molecular complexity index is 513. The van der Waals surface area contributed by atoms with Gasteiger partial charge >= 0.3 is 0 Å². The standard InChI is InChI=1S/C11H12FN3O2/c1-15-11(13-7-14-15)6-17-10-3-8(5-16)2-9(12)4-10/h2-4,7,16H,5-6H2,1H3. The molecule has 1 aromatic carbocycles. The van der Waals surface area contributed by atoms with E-state index in [1.807, 2.05) is 0 Å². The number of rotatable bonds is 4. The van der Waals surface area contributed by atoms with Gasteiger partial charge in [-0.1, -0.05) is 0 Å². The van der Waals surface area contributed by atoms with E-state index in [-0.39, 0.29) is 13.2 Å². The van der Waals surface area contributed by atoms with E-state index in [9.17, 15) is 4.39 Å². The third kappa shape index (κ3) is 2.79. The normalized spacial score (nSPS) is 10.5. The van der Waals surface area contributed by atoms with E-state index in [0.29, 0.717) is 17.1 Å². The molecule has 2 rings (SSSR count). The summed E-state index contributed by atoms with van der Waals surface area (Å²) in [5, 5.41) is 12.8. The summed E-state index contributed by atoms with van der Waals surface area (Å²) >= 11 is 0. The predicted octanol–water partition coefficient (Wildman–Crippen LogP) is 1.03. The van der Waals surface area contributed by atoms with Gasteiger partial charge in [-0.15, -0.1) is 0 Å². The van der Waals surface area contributed by atoms with Crippen molar-refractivity contribution in [3.63, 3.8) is 0 Å². The molecule has 0 unspecified atom stereocenters. The maximum Gasteiger partial charge on any atom is 0.164 e. The molecule has 2 aromatic rings. The molecule has 90 valence electrons. The topological polar surface area (TPSA) is 60.2 Å². The van der Waals surface area contributed by atoms with Crippen molar-refractivity contribution in [3.05, 3.63) is 41.7 Å². The zero-order valence-electron chi connectivity index (χ0n) is 9.30. The van der Waals surface area contributed by atoms with Crippen LogP contribution >= 0.6 is 0 Å². The Morgan fingerprint density at radius 3 is 2.88 bits per heavy atom. The average molecular weight is 237 g/mol. The van der Waals surface area contributed by atoms with Crippen molar-refractivity contribution in [1.29, 1.82) is 0 Å². The molecule has 0 fully saturated rings. The number of hydrogen-bond acceptors (Lipinski definition) is 4. The number of ether oxygens (including phenoxy) is 1. The van der Waals surface area contributed by atoms with Crippen LogP contribution in [0.2, 0.25) is 0 Å². The first kappa shape index (κ1) is 11.5. The fraction of sp³-hybridized carbons (Fsp3) is 0.273. The monoisotopic (exact) mass is 237 g/mol. The molecule has 6 heteroatoms. The van der Waals surface area contributed by atoms with Gasteiger partial charge in [-0.05, 0) is 17.7 Å². The first-order valence-electron chi connectivity index (χ1n) is 5.05. The van der Waals surface area contributed by atoms with Crippen LogP contribution in [0.15, 0.2) is 24.5 Å². The Labute approximate surface area is 97.5 Å². The van der Waals surface area contributed by atoms with E-state index in [1.165, 1.54) is 18.5 Å². The van der Waals surface area contributed by atoms with E-state index in [4.69, 9.17) is 9.84 Å². The Morgan fingerprint density at radius 1 is 1.41 bits per heavy atom. The lowest BCUT2D eigenvalue weighted by Crippen LogP contribution is -2.04. The fourth-order valence-corrected chi connectivity index (χ4v) is 1.39. The van der Waals surface area contributed by atoms with Gasteiger partial charge in [0.25, 0.3) is 0 Å². The lowest BCUT2D eigenvalue weighted by molar-refractivity contribution is 0.273. The van der Waals surface area contributed by atoms with E-state index in [0.717, 1.165) is 0 Å². The van der Waals surface area contributed by atoms with Crippen molar-refractivity contribution < 1.29 is 14.2 Å². The third-order valence-electron chi connectivity index (χ3n) is 2.29. The molecule has 0 atom stereocenters. The quantitative estimate of drug-likeness (QED) is 0.862. The van der Waals surface area contributed by atoms with Gasteiger partial charge in [-0.2, -0.15) is 5.10 Å². The largest absolute Gasteiger partial charge is 0.486 e. The summed E-state index contributed by atoms with van der Waals surface area (Å²) in [5.74, 6) is 0.557. The first-order valence-corrected chi connectivity index (χ1v) is 5.05. The van der Waals surface area contributed by atoms with Crippen molar-refractivity contribution in [2.75, 3.05) is 0 Å². The zero-order chi connectivity index (χ0) is 12.3. The van der Waals surface area contributed by atoms with Gasteiger partial charge < -0.3 is 9.84 Å². The van der Waals surface area contributed by atoms with Gasteiger partial charge in [-0.25, -0.2) is 9.37 Å². The Kier molecular flexibility index (Phi) is 3.34. The van der Waals surface area contributed by atoms with Crippen molar-refractivity contribution in [1.82, 2.24) is 14.8 Å². The van der Waals surface area contributed by atoms with Crippen LogP contribution in [0, 0.1) is 5.82 Å². The number of aromatic nitrogens is 3. The lowest BCUT2D eigenvalue weighted by Gasteiger charge is -2.07. The molecule has 0 aliphatic rings. The van der Waals surface area contributed by atoms with Crippen LogP contribution in [0.3, 0.4) is 0 Å². The number of aliphatic hydroxyl groups excluding tert-OH is 1. The smallest absolute Gasteiger partial charge is 0.164 e. The minimum Gasteiger partial charge on any atom is -0.486 e. The molecule has 1 heterocycles. The Balaban J connectivity index is 2.09. The number of nitrogens with zero attached hydrogens (tertiary/aromatic N) is 3. The number of aliphatic hydroxyl groups is 1. The van der Waals surface area contributed by atoms with E-state index in [1.54, 1.807) is 17.8 Å². The molecule has 0 spiro atoms. The molecule has 0 amide bonds. The lowest BCUT2D eigenvalue weighted by atomic mass is 10.2. The molecular formula is C11H12FN3O2. The molecule has 0 aliphatic heterocycles. The highest BCUT2D eigenvalue weighted by atomic mass is 19.1. The Morgan fingerprint density at radius 2 is 2.24 bits per heavy atom. The summed E-state index contributed by atoms with van der Waals surface area (Å²) in [5.41, 5.74) is 0.470. The van der Waals surface area contributed by atoms with Gasteiger partial charge in [-0.3, -0.25) is 4.68 Å². The molecule has 5 nitrogen and oxygen atoms in total. The van der Waals surface area contributed by atoms with E-state index < -0.39 is 5.82 Å². The molecule has 1 aromatic heterocycles. The third-order valence-corrected chi connectivity index (χ3v) is 2.29. The van der Waals surface area contributed by atoms with E-state index >= 15 is 0 Å². The number of halogens is 1. The molecule has 0 radical (unpaired) electrons. The molecule has 17 heavy (non-hydrogen) atoms. The van der Waals surface area contributed by atoms with Crippen molar-refractivity contribution in [2.24, 2.45) is 7.05 Å². The van der Waals surface area contributed by atoms with Gasteiger partial charge in [0.15, 0.2) is 5.82 Å². The number of hydrogen-bond donors (Lipinski definition) is 1. The van der Waals surface area contributed by atoms with E-state index in [2.05, 4.69) is 10.1 Å². The highest BCUT2D eigenvalue weighted by molar-refractivity contribution is 5.29. The van der Waals surface area contributed by atoms with Crippen molar-refractivity contribution in [3.8, 4) is 5.75 Å². The summed E-state index contributed by atoms with van der Waals surface area (Å²) in [6.07, 6.45) is 1.42. The summed E-state index contributed by atoms with van der Waals surface area (Å²) < 4.78 is 20.1. The highest BCUT2D eigenvalue weighted by Gasteiger charge is 2.04. The number of aryl methyl sites for hydroxylation is 1. The van der Waals surface area contributed by atoms with Gasteiger partial charge in [0, 0.05) is 13.1 Å². The maximum atomic E-state index is 13.1. The van der Waals surface area contributed by atoms with Crippen LogP contribution < -0.4 is 4.74 Å². The molecule has 0 bridgehead atoms. The van der Waals surface area contributed by atoms with Crippen molar-refractivity contribution >= 4 is 0 Å². The van der Waals surface area contributed by atoms with Gasteiger partial charge in [0.1, 0.15) is 24.5 Å². The minimum atomic E-state index is -0.440. The summed E-state index contributed by atoms with van der Waals surface area (Å²) in [7, 11) is 1.75. The van der Waals surface area contributed by atoms with Crippen LogP contribution in [0.25, 0.3) is 0 Å². The SMILES string of the molecule is Cn1ncnc1COc1cc(F)cc(CO)c1. The van der Waals surface area contributed by atoms with Crippen molar-refractivity contribution in [2.45, 2.75) is 13.2 Å². The summed E-state index contributed by atoms with van der Waals surface area (Å²) in [6, 6.07) is 4.10. The molecular weight excluding hydrogens is 225 g/mol. The summed E-state index contributed by atoms with van der Waals surface area (Å²) in [4.78, 5) is 3.98. The second-order valence-electron chi connectivity index (χ2n) is 3.54. The summed E-state index contributed by atoms with van der Waals surface area (Å²) in [6.45, 7) is -0.0249. The van der Waals surface area contributed by atoms with Gasteiger partial charge in [0.05, 0.1) is 6.61 Å². The fourth-order valence-electron chi connectivity index (χ4n) is 1.39. The molecule has 0 aliphatic carbocycles. The molecule has 0 saturated heterocycles. The second-order valence-corrected chi connectivity index (χ2v) is 3.54. The minimum absolute atomic E-state index is 0.199.